The molecule has 5 nitrogen and oxygen atoms in total. The molecule has 1 fully saturated rings. The number of nitrogens with zero attached hydrogens (tertiary/aromatic N) is 1. The fraction of sp³-hybridized carbons (Fsp3) is 0.200. The van der Waals surface area contributed by atoms with E-state index in [1.165, 1.54) is 5.57 Å². The van der Waals surface area contributed by atoms with E-state index in [2.05, 4.69) is 41.4 Å². The summed E-state index contributed by atoms with van der Waals surface area (Å²) in [5.74, 6) is 2.03. The molecule has 0 saturated carbocycles. The van der Waals surface area contributed by atoms with Crippen LogP contribution in [0.4, 0.5) is 0 Å². The van der Waals surface area contributed by atoms with Gasteiger partial charge in [0.25, 0.3) is 6.29 Å². The Kier molecular flexibility index (Phi) is 4.28. The Morgan fingerprint density at radius 1 is 1.06 bits per heavy atom. The second-order valence-electron chi connectivity index (χ2n) is 8.05. The summed E-state index contributed by atoms with van der Waals surface area (Å²) in [5, 5.41) is 9.37. The largest absolute Gasteiger partial charge is 0.458 e. The van der Waals surface area contributed by atoms with Crippen LogP contribution in [0.25, 0.3) is 0 Å². The minimum atomic E-state index is -0.465. The van der Waals surface area contributed by atoms with Crippen LogP contribution in [0.2, 0.25) is 0 Å². The molecule has 0 amide bonds. The van der Waals surface area contributed by atoms with Gasteiger partial charge in [-0.15, -0.1) is 11.8 Å². The maximum Gasteiger partial charge on any atom is 0.267 e. The van der Waals surface area contributed by atoms with E-state index in [0.717, 1.165) is 16.9 Å². The van der Waals surface area contributed by atoms with E-state index in [0.29, 0.717) is 33.7 Å². The number of hydrogen-bond donors (Lipinski definition) is 2. The van der Waals surface area contributed by atoms with Crippen molar-refractivity contribution in [3.05, 3.63) is 107 Å². The molecule has 154 valence electrons. The Bertz CT molecular complexity index is 1170. The van der Waals surface area contributed by atoms with Gasteiger partial charge in [0.05, 0.1) is 11.8 Å². The Morgan fingerprint density at radius 2 is 1.90 bits per heavy atom. The predicted molar refractivity (Wildman–Crippen MR) is 124 cm³/mol. The third-order valence-electron chi connectivity index (χ3n) is 6.25. The normalized spacial score (nSPS) is 32.3. The minimum Gasteiger partial charge on any atom is -0.458 e. The third-order valence-corrected chi connectivity index (χ3v) is 7.80. The summed E-state index contributed by atoms with van der Waals surface area (Å²) in [6.07, 6.45) is 16.3. The number of nitrogens with one attached hydrogen (secondary N) is 1. The molecule has 5 atom stereocenters. The Labute approximate surface area is 184 Å². The highest BCUT2D eigenvalue weighted by Gasteiger charge is 2.50. The topological polar surface area (TPSA) is 80.7 Å². The second-order valence-corrected chi connectivity index (χ2v) is 9.41. The molecule has 6 heteroatoms. The van der Waals surface area contributed by atoms with Crippen molar-refractivity contribution in [1.82, 2.24) is 0 Å². The molecule has 1 aromatic carbocycles. The van der Waals surface area contributed by atoms with Gasteiger partial charge in [-0.1, -0.05) is 60.7 Å². The summed E-state index contributed by atoms with van der Waals surface area (Å²) in [4.78, 5) is 4.31. The highest BCUT2D eigenvalue weighted by atomic mass is 32.2. The molecule has 2 aliphatic carbocycles. The summed E-state index contributed by atoms with van der Waals surface area (Å²) in [7, 11) is 0. The lowest BCUT2D eigenvalue weighted by atomic mass is 9.75. The van der Waals surface area contributed by atoms with E-state index in [4.69, 9.17) is 20.6 Å². The lowest BCUT2D eigenvalue weighted by Crippen LogP contribution is -2.26. The molecule has 0 spiro atoms. The van der Waals surface area contributed by atoms with Gasteiger partial charge in [0, 0.05) is 39.0 Å². The highest BCUT2D eigenvalue weighted by molar-refractivity contribution is 8.01. The van der Waals surface area contributed by atoms with Crippen LogP contribution >= 0.6 is 11.8 Å². The molecule has 5 aliphatic rings. The molecule has 0 radical (unpaired) electrons. The van der Waals surface area contributed by atoms with Crippen molar-refractivity contribution >= 4 is 23.4 Å². The van der Waals surface area contributed by atoms with E-state index in [-0.39, 0.29) is 5.84 Å². The Hall–Kier alpha value is -3.25. The molecular weight excluding hydrogens is 406 g/mol. The molecule has 0 bridgehead atoms. The molecule has 3 aliphatic heterocycles. The van der Waals surface area contributed by atoms with Crippen LogP contribution < -0.4 is 5.73 Å². The number of rotatable bonds is 2. The van der Waals surface area contributed by atoms with Crippen molar-refractivity contribution in [3.8, 4) is 0 Å². The third kappa shape index (κ3) is 3.01. The fourth-order valence-electron chi connectivity index (χ4n) is 4.82. The van der Waals surface area contributed by atoms with Gasteiger partial charge in [0.15, 0.2) is 5.84 Å². The number of fused-ring (bicyclic) bond motifs is 6. The summed E-state index contributed by atoms with van der Waals surface area (Å²) < 4.78 is 12.0. The van der Waals surface area contributed by atoms with Crippen molar-refractivity contribution in [2.75, 3.05) is 0 Å². The van der Waals surface area contributed by atoms with Crippen molar-refractivity contribution in [3.63, 3.8) is 0 Å². The van der Waals surface area contributed by atoms with Crippen LogP contribution in [-0.4, -0.2) is 28.5 Å². The van der Waals surface area contributed by atoms with Gasteiger partial charge in [0.1, 0.15) is 11.6 Å². The summed E-state index contributed by atoms with van der Waals surface area (Å²) in [5.41, 5.74) is 9.70. The SMILES string of the molecule is N=C(N=C(N)c1ccccc1)C1=COC2OC3=C(C2=C1)C1C(C=C3)SC2C=CC=CC21. The first kappa shape index (κ1) is 18.5. The number of aliphatic imine (C=N–C) groups is 1. The number of nitrogens with two attached hydrogens (primary N) is 1. The van der Waals surface area contributed by atoms with Gasteiger partial charge in [-0.05, 0) is 12.2 Å². The van der Waals surface area contributed by atoms with E-state index in [9.17, 15) is 0 Å². The number of hydrogen-bond acceptors (Lipinski definition) is 4. The predicted octanol–water partition coefficient (Wildman–Crippen LogP) is 4.23. The molecule has 31 heavy (non-hydrogen) atoms. The zero-order chi connectivity index (χ0) is 20.9. The molecular formula is C25H21N3O2S. The Morgan fingerprint density at radius 3 is 2.77 bits per heavy atom. The van der Waals surface area contributed by atoms with Crippen LogP contribution in [0.3, 0.4) is 0 Å². The number of allylic oxidation sites excluding steroid dienone is 4. The van der Waals surface area contributed by atoms with Crippen LogP contribution in [-0.2, 0) is 9.47 Å². The van der Waals surface area contributed by atoms with Crippen LogP contribution in [0, 0.1) is 17.2 Å². The van der Waals surface area contributed by atoms with Crippen LogP contribution in [0.5, 0.6) is 0 Å². The number of amidine groups is 2. The molecule has 3 heterocycles. The summed E-state index contributed by atoms with van der Waals surface area (Å²) in [6, 6.07) is 9.47. The van der Waals surface area contributed by atoms with Crippen molar-refractivity contribution < 1.29 is 9.47 Å². The van der Waals surface area contributed by atoms with Crippen molar-refractivity contribution in [2.24, 2.45) is 22.6 Å². The molecule has 0 aromatic heterocycles. The first-order chi connectivity index (χ1) is 15.2. The Balaban J connectivity index is 1.32. The summed E-state index contributed by atoms with van der Waals surface area (Å²) >= 11 is 2.00. The first-order valence-electron chi connectivity index (χ1n) is 10.3. The van der Waals surface area contributed by atoms with Gasteiger partial charge in [-0.3, -0.25) is 5.41 Å². The van der Waals surface area contributed by atoms with Crippen molar-refractivity contribution in [2.45, 2.75) is 16.8 Å². The van der Waals surface area contributed by atoms with E-state index >= 15 is 0 Å². The minimum absolute atomic E-state index is 0.0726. The molecule has 3 N–H and O–H groups in total. The molecule has 5 unspecified atom stereocenters. The lowest BCUT2D eigenvalue weighted by Gasteiger charge is -2.27. The maximum absolute atomic E-state index is 8.48. The van der Waals surface area contributed by atoms with Gasteiger partial charge in [-0.25, -0.2) is 4.99 Å². The number of benzene rings is 1. The average Bonchev–Trinajstić information content (AvgIpc) is 3.36. The van der Waals surface area contributed by atoms with Crippen LogP contribution in [0.15, 0.2) is 107 Å². The van der Waals surface area contributed by atoms with E-state index in [1.807, 2.05) is 48.2 Å². The number of ether oxygens (including phenoxy) is 2. The lowest BCUT2D eigenvalue weighted by molar-refractivity contribution is -0.0300. The van der Waals surface area contributed by atoms with Crippen molar-refractivity contribution in [1.29, 1.82) is 5.41 Å². The quantitative estimate of drug-likeness (QED) is 0.547. The molecule has 1 aromatic rings. The zero-order valence-electron chi connectivity index (χ0n) is 16.6. The standard InChI is InChI=1S/C25H21N3O2S/c26-23(14-6-2-1-3-7-14)28-24(27)15-12-17-21-18(30-25(17)29-13-15)10-11-20-22(21)16-8-4-5-9-19(16)31-20/h1-13,16,19-20,22,25H,(H3,26,27,28). The van der Waals surface area contributed by atoms with Gasteiger partial charge in [0.2, 0.25) is 0 Å². The smallest absolute Gasteiger partial charge is 0.267 e. The zero-order valence-corrected chi connectivity index (χ0v) is 17.5. The van der Waals surface area contributed by atoms with E-state index in [1.54, 1.807) is 6.26 Å². The second kappa shape index (κ2) is 7.17. The molecule has 1 saturated heterocycles. The molecule has 6 rings (SSSR count). The monoisotopic (exact) mass is 427 g/mol. The maximum atomic E-state index is 8.48. The van der Waals surface area contributed by atoms with Crippen LogP contribution in [0.1, 0.15) is 5.56 Å². The highest BCUT2D eigenvalue weighted by Crippen LogP contribution is 2.56. The number of thioether (sulfide) groups is 1. The van der Waals surface area contributed by atoms with E-state index < -0.39 is 6.29 Å². The average molecular weight is 428 g/mol. The first-order valence-corrected chi connectivity index (χ1v) is 11.3. The fourth-order valence-corrected chi connectivity index (χ4v) is 6.46. The summed E-state index contributed by atoms with van der Waals surface area (Å²) in [6.45, 7) is 0. The van der Waals surface area contributed by atoms with Gasteiger partial charge < -0.3 is 15.2 Å². The van der Waals surface area contributed by atoms with Gasteiger partial charge >= 0.3 is 0 Å². The van der Waals surface area contributed by atoms with Gasteiger partial charge in [-0.2, -0.15) is 0 Å².